The van der Waals surface area contributed by atoms with Crippen LogP contribution in [0, 0.1) is 24.5 Å². The fourth-order valence-corrected chi connectivity index (χ4v) is 5.54. The Balaban J connectivity index is 1.51. The molecule has 2 bridgehead atoms. The van der Waals surface area contributed by atoms with Crippen LogP contribution in [-0.4, -0.2) is 51.5 Å². The maximum absolute atomic E-state index is 13.9. The van der Waals surface area contributed by atoms with E-state index in [4.69, 9.17) is 0 Å². The van der Waals surface area contributed by atoms with Gasteiger partial charge in [0.25, 0.3) is 0 Å². The highest BCUT2D eigenvalue weighted by Crippen LogP contribution is 2.47. The third-order valence-corrected chi connectivity index (χ3v) is 6.69. The van der Waals surface area contributed by atoms with Gasteiger partial charge in [0.15, 0.2) is 0 Å². The average Bonchev–Trinajstić information content (AvgIpc) is 3.21. The van der Waals surface area contributed by atoms with Crippen LogP contribution < -0.4 is 0 Å². The van der Waals surface area contributed by atoms with Crippen LogP contribution in [0.4, 0.5) is 8.78 Å². The molecule has 0 saturated carbocycles. The van der Waals surface area contributed by atoms with Gasteiger partial charge < -0.3 is 4.98 Å². The van der Waals surface area contributed by atoms with Crippen molar-refractivity contribution in [1.82, 2.24) is 19.8 Å². The van der Waals surface area contributed by atoms with Gasteiger partial charge >= 0.3 is 0 Å². The van der Waals surface area contributed by atoms with E-state index in [0.717, 1.165) is 49.2 Å². The molecule has 1 aromatic carbocycles. The smallest absolute Gasteiger partial charge is 0.126 e. The first-order valence-corrected chi connectivity index (χ1v) is 9.53. The molecule has 6 heteroatoms. The quantitative estimate of drug-likeness (QED) is 0.916. The van der Waals surface area contributed by atoms with E-state index in [2.05, 4.69) is 19.8 Å². The molecule has 4 nitrogen and oxygen atoms in total. The molecule has 4 aliphatic rings. The van der Waals surface area contributed by atoms with E-state index in [1.807, 2.05) is 6.92 Å². The Bertz CT molecular complexity index is 792. The zero-order chi connectivity index (χ0) is 17.8. The normalized spacial score (nSPS) is 33.6. The second kappa shape index (κ2) is 6.13. The predicted octanol–water partition coefficient (Wildman–Crippen LogP) is 3.06. The summed E-state index contributed by atoms with van der Waals surface area (Å²) in [7, 11) is 0. The van der Waals surface area contributed by atoms with E-state index in [-0.39, 0.29) is 5.92 Å². The minimum absolute atomic E-state index is 0.146. The summed E-state index contributed by atoms with van der Waals surface area (Å²) in [5, 5.41) is 0. The molecule has 0 aliphatic carbocycles. The third kappa shape index (κ3) is 2.58. The maximum atomic E-state index is 13.9. The number of hydrogen-bond donors (Lipinski definition) is 1. The van der Waals surface area contributed by atoms with Crippen molar-refractivity contribution in [3.8, 4) is 0 Å². The molecule has 0 radical (unpaired) electrons. The Morgan fingerprint density at radius 2 is 1.85 bits per heavy atom. The molecule has 3 atom stereocenters. The zero-order valence-electron chi connectivity index (χ0n) is 15.0. The van der Waals surface area contributed by atoms with E-state index in [0.29, 0.717) is 18.0 Å². The molecule has 4 fully saturated rings. The average molecular weight is 358 g/mol. The molecule has 1 N–H and O–H groups in total. The first-order chi connectivity index (χ1) is 12.6. The summed E-state index contributed by atoms with van der Waals surface area (Å²) >= 11 is 0. The van der Waals surface area contributed by atoms with Gasteiger partial charge in [0, 0.05) is 42.9 Å². The lowest BCUT2D eigenvalue weighted by molar-refractivity contribution is -0.00902. The van der Waals surface area contributed by atoms with Gasteiger partial charge in [-0.2, -0.15) is 0 Å². The number of nitrogens with zero attached hydrogens (tertiary/aromatic N) is 3. The monoisotopic (exact) mass is 358 g/mol. The lowest BCUT2D eigenvalue weighted by Gasteiger charge is -2.51. The number of rotatable bonds is 3. The van der Waals surface area contributed by atoms with Crippen LogP contribution in [0.3, 0.4) is 0 Å². The summed E-state index contributed by atoms with van der Waals surface area (Å²) in [5.41, 5.74) is 2.97. The van der Waals surface area contributed by atoms with Gasteiger partial charge in [0.1, 0.15) is 11.6 Å². The Morgan fingerprint density at radius 1 is 1.12 bits per heavy atom. The molecule has 5 heterocycles. The summed E-state index contributed by atoms with van der Waals surface area (Å²) in [6, 6.07) is 4.82. The molecule has 1 aromatic heterocycles. The molecule has 2 aromatic rings. The highest BCUT2D eigenvalue weighted by molar-refractivity contribution is 5.29. The van der Waals surface area contributed by atoms with Crippen molar-refractivity contribution in [1.29, 1.82) is 0 Å². The van der Waals surface area contributed by atoms with Gasteiger partial charge in [-0.05, 0) is 56.5 Å². The third-order valence-electron chi connectivity index (χ3n) is 6.69. The van der Waals surface area contributed by atoms with Gasteiger partial charge in [-0.3, -0.25) is 9.80 Å². The molecule has 138 valence electrons. The van der Waals surface area contributed by atoms with Crippen LogP contribution in [0.2, 0.25) is 0 Å². The summed E-state index contributed by atoms with van der Waals surface area (Å²) in [6.45, 7) is 5.89. The standard InChI is InChI=1S/C20H24F2N4/c1-12-18(24-11-23-12)10-26-9-17(14-6-15(21)8-16(22)7-14)20-19(26)13-2-4-25(20)5-3-13/h6-8,11,13,17,19-20H,2-5,9-10H2,1H3,(H,23,24)/t17-,19-,20-/m1/s1. The minimum Gasteiger partial charge on any atom is -0.348 e. The number of hydrogen-bond acceptors (Lipinski definition) is 3. The lowest BCUT2D eigenvalue weighted by atomic mass is 9.75. The highest BCUT2D eigenvalue weighted by Gasteiger charge is 2.53. The van der Waals surface area contributed by atoms with E-state index in [1.165, 1.54) is 25.0 Å². The topological polar surface area (TPSA) is 35.2 Å². The number of nitrogens with one attached hydrogen (secondary N) is 1. The number of piperidine rings is 3. The first-order valence-electron chi connectivity index (χ1n) is 9.53. The number of aryl methyl sites for hydroxylation is 1. The van der Waals surface area contributed by atoms with E-state index >= 15 is 0 Å². The van der Waals surface area contributed by atoms with Crippen LogP contribution in [0.1, 0.15) is 35.7 Å². The minimum atomic E-state index is -0.478. The van der Waals surface area contributed by atoms with Crippen LogP contribution in [0.15, 0.2) is 24.5 Å². The van der Waals surface area contributed by atoms with Crippen molar-refractivity contribution < 1.29 is 8.78 Å². The van der Waals surface area contributed by atoms with Gasteiger partial charge in [-0.25, -0.2) is 13.8 Å². The summed E-state index contributed by atoms with van der Waals surface area (Å²) in [4.78, 5) is 12.7. The largest absolute Gasteiger partial charge is 0.348 e. The second-order valence-electron chi connectivity index (χ2n) is 8.07. The van der Waals surface area contributed by atoms with E-state index in [9.17, 15) is 8.78 Å². The van der Waals surface area contributed by atoms with Gasteiger partial charge in [0.05, 0.1) is 12.0 Å². The van der Waals surface area contributed by atoms with E-state index in [1.54, 1.807) is 6.33 Å². The van der Waals surface area contributed by atoms with Gasteiger partial charge in [-0.1, -0.05) is 0 Å². The van der Waals surface area contributed by atoms with Crippen LogP contribution in [0.25, 0.3) is 0 Å². The molecule has 4 saturated heterocycles. The van der Waals surface area contributed by atoms with Crippen molar-refractivity contribution in [3.63, 3.8) is 0 Å². The lowest BCUT2D eigenvalue weighted by Crippen LogP contribution is -2.60. The van der Waals surface area contributed by atoms with Gasteiger partial charge in [-0.15, -0.1) is 0 Å². The van der Waals surface area contributed by atoms with Crippen molar-refractivity contribution in [2.75, 3.05) is 19.6 Å². The molecule has 4 aliphatic heterocycles. The second-order valence-corrected chi connectivity index (χ2v) is 8.07. The fourth-order valence-electron chi connectivity index (χ4n) is 5.54. The van der Waals surface area contributed by atoms with Gasteiger partial charge in [0.2, 0.25) is 0 Å². The van der Waals surface area contributed by atoms with Crippen molar-refractivity contribution in [2.45, 2.75) is 44.3 Å². The number of aromatic nitrogens is 2. The maximum Gasteiger partial charge on any atom is 0.126 e. The Labute approximate surface area is 152 Å². The van der Waals surface area contributed by atoms with E-state index < -0.39 is 11.6 Å². The zero-order valence-corrected chi connectivity index (χ0v) is 15.0. The summed E-state index contributed by atoms with van der Waals surface area (Å²) in [6.07, 6.45) is 4.19. The SMILES string of the molecule is Cc1[nH]cnc1CN1C[C@H](c2cc(F)cc(F)c2)[C@@H]2[C@H]1C1CCN2CC1. The Kier molecular flexibility index (Phi) is 3.87. The van der Waals surface area contributed by atoms with Crippen LogP contribution in [-0.2, 0) is 6.54 Å². The molecule has 26 heavy (non-hydrogen) atoms. The number of halogens is 2. The molecule has 0 spiro atoms. The molecule has 0 amide bonds. The number of benzene rings is 1. The fraction of sp³-hybridized carbons (Fsp3) is 0.550. The van der Waals surface area contributed by atoms with Crippen molar-refractivity contribution >= 4 is 0 Å². The Morgan fingerprint density at radius 3 is 2.50 bits per heavy atom. The number of likely N-dealkylation sites (tertiary alicyclic amines) is 1. The van der Waals surface area contributed by atoms with Crippen LogP contribution >= 0.6 is 0 Å². The number of fused-ring (bicyclic) bond motifs is 2. The van der Waals surface area contributed by atoms with Crippen molar-refractivity contribution in [2.24, 2.45) is 5.92 Å². The molecular formula is C20H24F2N4. The molecule has 6 rings (SSSR count). The highest BCUT2D eigenvalue weighted by atomic mass is 19.1. The summed E-state index contributed by atoms with van der Waals surface area (Å²) < 4.78 is 27.7. The van der Waals surface area contributed by atoms with Crippen LogP contribution in [0.5, 0.6) is 0 Å². The van der Waals surface area contributed by atoms with Crippen molar-refractivity contribution in [3.05, 3.63) is 53.1 Å². The number of imidazole rings is 1. The predicted molar refractivity (Wildman–Crippen MR) is 94.7 cm³/mol. The number of H-pyrrole nitrogens is 1. The number of aromatic amines is 1. The molecular weight excluding hydrogens is 334 g/mol. The Hall–Kier alpha value is -1.79. The first kappa shape index (κ1) is 16.4. The molecule has 0 unspecified atom stereocenters. The summed E-state index contributed by atoms with van der Waals surface area (Å²) in [5.74, 6) is -0.136.